The Kier molecular flexibility index (Phi) is 2.89. The van der Waals surface area contributed by atoms with E-state index < -0.39 is 0 Å². The Morgan fingerprint density at radius 2 is 2.10 bits per heavy atom. The summed E-state index contributed by atoms with van der Waals surface area (Å²) in [7, 11) is 1.84. The van der Waals surface area contributed by atoms with E-state index in [1.165, 1.54) is 0 Å². The van der Waals surface area contributed by atoms with Crippen molar-refractivity contribution in [3.63, 3.8) is 0 Å². The average molecular weight is 271 g/mol. The number of nitrogen functional groups attached to an aromatic ring is 1. The Balaban J connectivity index is 2.02. The molecular formula is C13H17N7. The summed E-state index contributed by atoms with van der Waals surface area (Å²) in [6.07, 6.45) is 5.41. The van der Waals surface area contributed by atoms with E-state index in [-0.39, 0.29) is 0 Å². The zero-order chi connectivity index (χ0) is 14.3. The molecule has 0 fully saturated rings. The molecule has 0 aliphatic carbocycles. The monoisotopic (exact) mass is 271 g/mol. The molecule has 0 amide bonds. The number of anilines is 1. The molecule has 0 saturated carbocycles. The van der Waals surface area contributed by atoms with Crippen molar-refractivity contribution in [3.8, 4) is 0 Å². The van der Waals surface area contributed by atoms with Crippen molar-refractivity contribution in [3.05, 3.63) is 30.2 Å². The Morgan fingerprint density at radius 3 is 2.85 bits per heavy atom. The molecule has 0 spiro atoms. The van der Waals surface area contributed by atoms with Crippen LogP contribution in [0.1, 0.15) is 31.4 Å². The van der Waals surface area contributed by atoms with Crippen LogP contribution in [0.25, 0.3) is 11.0 Å². The first-order valence-electron chi connectivity index (χ1n) is 6.51. The summed E-state index contributed by atoms with van der Waals surface area (Å²) in [5.74, 6) is 2.49. The molecule has 3 rings (SSSR count). The molecule has 0 bridgehead atoms. The normalized spacial score (nSPS) is 11.6. The number of aromatic nitrogens is 6. The fourth-order valence-corrected chi connectivity index (χ4v) is 2.27. The molecule has 104 valence electrons. The average Bonchev–Trinajstić information content (AvgIpc) is 2.98. The van der Waals surface area contributed by atoms with Crippen LogP contribution in [0, 0.1) is 0 Å². The van der Waals surface area contributed by atoms with Gasteiger partial charge in [0.2, 0.25) is 0 Å². The summed E-state index contributed by atoms with van der Waals surface area (Å²) < 4.78 is 3.75. The van der Waals surface area contributed by atoms with Crippen LogP contribution in [0.15, 0.2) is 18.6 Å². The number of hydrogen-bond donors (Lipinski definition) is 1. The topological polar surface area (TPSA) is 87.4 Å². The lowest BCUT2D eigenvalue weighted by molar-refractivity contribution is 0.650. The third-order valence-electron chi connectivity index (χ3n) is 3.24. The van der Waals surface area contributed by atoms with E-state index in [4.69, 9.17) is 5.73 Å². The minimum atomic E-state index is 0.350. The fraction of sp³-hybridized carbons (Fsp3) is 0.385. The third kappa shape index (κ3) is 2.01. The van der Waals surface area contributed by atoms with Crippen LogP contribution in [-0.2, 0) is 13.6 Å². The summed E-state index contributed by atoms with van der Waals surface area (Å²) in [6.45, 7) is 4.77. The highest BCUT2D eigenvalue weighted by atomic mass is 15.3. The largest absolute Gasteiger partial charge is 0.383 e. The first kappa shape index (κ1) is 12.6. The van der Waals surface area contributed by atoms with Crippen molar-refractivity contribution in [2.75, 3.05) is 5.73 Å². The number of aryl methyl sites for hydroxylation is 1. The molecule has 20 heavy (non-hydrogen) atoms. The molecule has 7 heteroatoms. The highest BCUT2D eigenvalue weighted by Gasteiger charge is 2.12. The SMILES string of the molecule is CC(C)c1nccn1Cc1nc(N)c2cnn(C)c2n1. The minimum absolute atomic E-state index is 0.350. The van der Waals surface area contributed by atoms with Gasteiger partial charge in [-0.1, -0.05) is 13.8 Å². The van der Waals surface area contributed by atoms with Gasteiger partial charge in [-0.05, 0) is 0 Å². The number of rotatable bonds is 3. The van der Waals surface area contributed by atoms with Crippen LogP contribution < -0.4 is 5.73 Å². The molecule has 0 aromatic carbocycles. The van der Waals surface area contributed by atoms with E-state index in [9.17, 15) is 0 Å². The molecule has 3 aromatic heterocycles. The highest BCUT2D eigenvalue weighted by Crippen LogP contribution is 2.18. The standard InChI is InChI=1S/C13H17N7/c1-8(2)12-15-4-5-20(12)7-10-17-11(14)9-6-16-19(3)13(9)18-10/h4-6,8H,7H2,1-3H3,(H2,14,17,18). The Labute approximate surface area is 116 Å². The van der Waals surface area contributed by atoms with Gasteiger partial charge in [-0.15, -0.1) is 0 Å². The first-order chi connectivity index (χ1) is 9.56. The summed E-state index contributed by atoms with van der Waals surface area (Å²) in [4.78, 5) is 13.2. The Bertz CT molecular complexity index is 753. The van der Waals surface area contributed by atoms with Gasteiger partial charge in [0.25, 0.3) is 0 Å². The third-order valence-corrected chi connectivity index (χ3v) is 3.24. The van der Waals surface area contributed by atoms with Gasteiger partial charge in [0.15, 0.2) is 11.5 Å². The van der Waals surface area contributed by atoms with Crippen molar-refractivity contribution in [2.45, 2.75) is 26.3 Å². The van der Waals surface area contributed by atoms with Crippen LogP contribution >= 0.6 is 0 Å². The smallest absolute Gasteiger partial charge is 0.163 e. The Hall–Kier alpha value is -2.44. The lowest BCUT2D eigenvalue weighted by Gasteiger charge is -2.10. The van der Waals surface area contributed by atoms with Crippen molar-refractivity contribution >= 4 is 16.9 Å². The second kappa shape index (κ2) is 4.59. The van der Waals surface area contributed by atoms with Crippen molar-refractivity contribution in [2.24, 2.45) is 7.05 Å². The zero-order valence-electron chi connectivity index (χ0n) is 11.8. The van der Waals surface area contributed by atoms with E-state index in [0.717, 1.165) is 16.9 Å². The van der Waals surface area contributed by atoms with Gasteiger partial charge in [-0.25, -0.2) is 15.0 Å². The summed E-state index contributed by atoms with van der Waals surface area (Å²) in [6, 6.07) is 0. The van der Waals surface area contributed by atoms with E-state index >= 15 is 0 Å². The van der Waals surface area contributed by atoms with Crippen LogP contribution in [-0.4, -0.2) is 29.3 Å². The van der Waals surface area contributed by atoms with Gasteiger partial charge in [0.1, 0.15) is 11.6 Å². The van der Waals surface area contributed by atoms with E-state index in [0.29, 0.717) is 24.1 Å². The van der Waals surface area contributed by atoms with Crippen molar-refractivity contribution in [1.82, 2.24) is 29.3 Å². The number of nitrogens with two attached hydrogens (primary N) is 1. The molecule has 3 heterocycles. The number of fused-ring (bicyclic) bond motifs is 1. The molecule has 0 saturated heterocycles. The quantitative estimate of drug-likeness (QED) is 0.776. The van der Waals surface area contributed by atoms with Crippen LogP contribution in [0.4, 0.5) is 5.82 Å². The van der Waals surface area contributed by atoms with E-state index in [2.05, 4.69) is 33.9 Å². The summed E-state index contributed by atoms with van der Waals surface area (Å²) in [5, 5.41) is 4.94. The van der Waals surface area contributed by atoms with Gasteiger partial charge in [0.05, 0.1) is 18.1 Å². The highest BCUT2D eigenvalue weighted by molar-refractivity contribution is 5.84. The lowest BCUT2D eigenvalue weighted by atomic mass is 10.2. The first-order valence-corrected chi connectivity index (χ1v) is 6.51. The molecule has 0 atom stereocenters. The van der Waals surface area contributed by atoms with Crippen molar-refractivity contribution in [1.29, 1.82) is 0 Å². The van der Waals surface area contributed by atoms with E-state index in [1.54, 1.807) is 17.1 Å². The van der Waals surface area contributed by atoms with Crippen LogP contribution in [0.5, 0.6) is 0 Å². The molecule has 0 aliphatic rings. The molecule has 0 radical (unpaired) electrons. The molecule has 2 N–H and O–H groups in total. The van der Waals surface area contributed by atoms with Gasteiger partial charge < -0.3 is 10.3 Å². The predicted molar refractivity (Wildman–Crippen MR) is 76.1 cm³/mol. The minimum Gasteiger partial charge on any atom is -0.383 e. The number of imidazole rings is 1. The van der Waals surface area contributed by atoms with Gasteiger partial charge in [0, 0.05) is 25.4 Å². The molecule has 0 aliphatic heterocycles. The second-order valence-corrected chi connectivity index (χ2v) is 5.10. The summed E-state index contributed by atoms with van der Waals surface area (Å²) in [5.41, 5.74) is 6.72. The fourth-order valence-electron chi connectivity index (χ4n) is 2.27. The molecule has 7 nitrogen and oxygen atoms in total. The van der Waals surface area contributed by atoms with Gasteiger partial charge in [-0.2, -0.15) is 5.10 Å². The maximum absolute atomic E-state index is 5.97. The molecular weight excluding hydrogens is 254 g/mol. The van der Waals surface area contributed by atoms with Crippen molar-refractivity contribution < 1.29 is 0 Å². The second-order valence-electron chi connectivity index (χ2n) is 5.10. The number of nitrogens with zero attached hydrogens (tertiary/aromatic N) is 6. The predicted octanol–water partition coefficient (Wildman–Crippen LogP) is 1.31. The maximum atomic E-state index is 5.97. The van der Waals surface area contributed by atoms with Crippen LogP contribution in [0.2, 0.25) is 0 Å². The summed E-state index contributed by atoms with van der Waals surface area (Å²) >= 11 is 0. The number of hydrogen-bond acceptors (Lipinski definition) is 5. The maximum Gasteiger partial charge on any atom is 0.163 e. The van der Waals surface area contributed by atoms with Gasteiger partial charge >= 0.3 is 0 Å². The lowest BCUT2D eigenvalue weighted by Crippen LogP contribution is -2.10. The Morgan fingerprint density at radius 1 is 1.30 bits per heavy atom. The molecule has 3 aromatic rings. The zero-order valence-corrected chi connectivity index (χ0v) is 11.8. The molecule has 0 unspecified atom stereocenters. The van der Waals surface area contributed by atoms with Crippen LogP contribution in [0.3, 0.4) is 0 Å². The van der Waals surface area contributed by atoms with E-state index in [1.807, 2.05) is 17.8 Å². The van der Waals surface area contributed by atoms with Gasteiger partial charge in [-0.3, -0.25) is 4.68 Å².